The Morgan fingerprint density at radius 3 is 3.00 bits per heavy atom. The highest BCUT2D eigenvalue weighted by Gasteiger charge is 2.29. The molecule has 1 fully saturated rings. The third-order valence-corrected chi connectivity index (χ3v) is 4.92. The van der Waals surface area contributed by atoms with Gasteiger partial charge >= 0.3 is 0 Å². The standard InChI is InChI=1S/C14H16BrFINO/c15-7-1-3-11-4-2-8-18(11)14(19)12-6-5-10(16)9-13(12)17/h5-6,9,11H,1-4,7-8H2. The molecule has 0 aromatic heterocycles. The molecule has 0 saturated carbocycles. The van der Waals surface area contributed by atoms with Crippen LogP contribution < -0.4 is 0 Å². The number of hydrogen-bond acceptors (Lipinski definition) is 1. The SMILES string of the molecule is O=C(c1ccc(F)cc1I)N1CCCC1CCCBr. The highest BCUT2D eigenvalue weighted by molar-refractivity contribution is 14.1. The maximum Gasteiger partial charge on any atom is 0.255 e. The summed E-state index contributed by atoms with van der Waals surface area (Å²) in [6.45, 7) is 0.819. The molecule has 0 bridgehead atoms. The Morgan fingerprint density at radius 2 is 2.32 bits per heavy atom. The lowest BCUT2D eigenvalue weighted by molar-refractivity contribution is 0.0729. The molecule has 2 nitrogen and oxygen atoms in total. The summed E-state index contributed by atoms with van der Waals surface area (Å²) in [5.41, 5.74) is 0.618. The van der Waals surface area contributed by atoms with Crippen molar-refractivity contribution in [1.29, 1.82) is 0 Å². The molecule has 0 spiro atoms. The van der Waals surface area contributed by atoms with Crippen LogP contribution in [0.4, 0.5) is 4.39 Å². The monoisotopic (exact) mass is 439 g/mol. The van der Waals surface area contributed by atoms with Gasteiger partial charge in [0.15, 0.2) is 0 Å². The number of rotatable bonds is 4. The molecule has 1 aliphatic heterocycles. The van der Waals surface area contributed by atoms with E-state index in [4.69, 9.17) is 0 Å². The highest BCUT2D eigenvalue weighted by Crippen LogP contribution is 2.25. The molecular weight excluding hydrogens is 424 g/mol. The van der Waals surface area contributed by atoms with E-state index in [0.29, 0.717) is 15.2 Å². The molecule has 1 aromatic carbocycles. The molecular formula is C14H16BrFINO. The van der Waals surface area contributed by atoms with Gasteiger partial charge in [0, 0.05) is 21.5 Å². The van der Waals surface area contributed by atoms with Crippen molar-refractivity contribution in [2.75, 3.05) is 11.9 Å². The first kappa shape index (κ1) is 15.2. The molecule has 19 heavy (non-hydrogen) atoms. The minimum Gasteiger partial charge on any atom is -0.336 e. The maximum absolute atomic E-state index is 13.1. The Bertz CT molecular complexity index is 469. The van der Waals surface area contributed by atoms with Crippen LogP contribution in [0.15, 0.2) is 18.2 Å². The normalized spacial score (nSPS) is 18.9. The summed E-state index contributed by atoms with van der Waals surface area (Å²) < 4.78 is 13.8. The molecule has 0 N–H and O–H groups in total. The number of benzene rings is 1. The van der Waals surface area contributed by atoms with Crippen LogP contribution in [0.5, 0.6) is 0 Å². The molecule has 1 unspecified atom stereocenters. The van der Waals surface area contributed by atoms with Crippen molar-refractivity contribution in [3.05, 3.63) is 33.1 Å². The lowest BCUT2D eigenvalue weighted by atomic mass is 10.1. The zero-order chi connectivity index (χ0) is 13.8. The molecule has 1 atom stereocenters. The van der Waals surface area contributed by atoms with E-state index in [1.54, 1.807) is 6.07 Å². The van der Waals surface area contributed by atoms with Crippen molar-refractivity contribution in [2.24, 2.45) is 0 Å². The van der Waals surface area contributed by atoms with Crippen LogP contribution in [-0.4, -0.2) is 28.7 Å². The fraction of sp³-hybridized carbons (Fsp3) is 0.500. The van der Waals surface area contributed by atoms with Gasteiger partial charge in [-0.05, 0) is 66.5 Å². The van der Waals surface area contributed by atoms with Gasteiger partial charge in [-0.1, -0.05) is 15.9 Å². The zero-order valence-corrected chi connectivity index (χ0v) is 14.3. The quantitative estimate of drug-likeness (QED) is 0.508. The third kappa shape index (κ3) is 3.68. The van der Waals surface area contributed by atoms with Crippen LogP contribution in [-0.2, 0) is 0 Å². The summed E-state index contributed by atoms with van der Waals surface area (Å²) in [6.07, 6.45) is 4.26. The van der Waals surface area contributed by atoms with Gasteiger partial charge in [-0.25, -0.2) is 4.39 Å². The van der Waals surface area contributed by atoms with E-state index < -0.39 is 0 Å². The zero-order valence-electron chi connectivity index (χ0n) is 10.5. The van der Waals surface area contributed by atoms with Crippen molar-refractivity contribution in [1.82, 2.24) is 4.90 Å². The molecule has 1 amide bonds. The van der Waals surface area contributed by atoms with Crippen LogP contribution in [0.25, 0.3) is 0 Å². The second kappa shape index (κ2) is 7.02. The lowest BCUT2D eigenvalue weighted by Crippen LogP contribution is -2.36. The van der Waals surface area contributed by atoms with Crippen LogP contribution in [0.1, 0.15) is 36.0 Å². The minimum absolute atomic E-state index is 0.0430. The van der Waals surface area contributed by atoms with Gasteiger partial charge in [-0.15, -0.1) is 0 Å². The summed E-state index contributed by atoms with van der Waals surface area (Å²) in [5.74, 6) is -0.250. The van der Waals surface area contributed by atoms with E-state index in [2.05, 4.69) is 15.9 Å². The van der Waals surface area contributed by atoms with Crippen LogP contribution in [0, 0.1) is 9.39 Å². The Morgan fingerprint density at radius 1 is 1.53 bits per heavy atom. The number of amides is 1. The Kier molecular flexibility index (Phi) is 5.62. The van der Waals surface area contributed by atoms with E-state index in [0.717, 1.165) is 37.6 Å². The number of nitrogens with zero attached hydrogens (tertiary/aromatic N) is 1. The first-order valence-corrected chi connectivity index (χ1v) is 8.65. The van der Waals surface area contributed by atoms with Gasteiger partial charge in [-0.3, -0.25) is 4.79 Å². The predicted molar refractivity (Wildman–Crippen MR) is 86.2 cm³/mol. The average Bonchev–Trinajstić information content (AvgIpc) is 2.83. The summed E-state index contributed by atoms with van der Waals surface area (Å²) in [5, 5.41) is 0.972. The maximum atomic E-state index is 13.1. The number of hydrogen-bond donors (Lipinski definition) is 0. The van der Waals surface area contributed by atoms with Crippen molar-refractivity contribution in [3.63, 3.8) is 0 Å². The van der Waals surface area contributed by atoms with E-state index in [9.17, 15) is 9.18 Å². The second-order valence-electron chi connectivity index (χ2n) is 4.75. The topological polar surface area (TPSA) is 20.3 Å². The van der Waals surface area contributed by atoms with Gasteiger partial charge in [0.05, 0.1) is 5.56 Å². The van der Waals surface area contributed by atoms with Crippen LogP contribution in [0.3, 0.4) is 0 Å². The van der Waals surface area contributed by atoms with Gasteiger partial charge in [0.2, 0.25) is 0 Å². The molecule has 1 heterocycles. The summed E-state index contributed by atoms with van der Waals surface area (Å²) in [6, 6.07) is 4.71. The average molecular weight is 440 g/mol. The third-order valence-electron chi connectivity index (χ3n) is 3.47. The Hall–Kier alpha value is -0.170. The number of halogens is 3. The lowest BCUT2D eigenvalue weighted by Gasteiger charge is -2.25. The minimum atomic E-state index is -0.293. The van der Waals surface area contributed by atoms with Gasteiger partial charge in [-0.2, -0.15) is 0 Å². The Labute approximate surface area is 135 Å². The van der Waals surface area contributed by atoms with Gasteiger partial charge in [0.1, 0.15) is 5.82 Å². The van der Waals surface area contributed by atoms with E-state index in [1.165, 1.54) is 12.1 Å². The van der Waals surface area contributed by atoms with Crippen molar-refractivity contribution in [2.45, 2.75) is 31.7 Å². The fourth-order valence-corrected chi connectivity index (χ4v) is 3.57. The fourth-order valence-electron chi connectivity index (χ4n) is 2.53. The molecule has 104 valence electrons. The molecule has 1 aliphatic rings. The Balaban J connectivity index is 2.13. The molecule has 1 aromatic rings. The summed E-state index contributed by atoms with van der Waals surface area (Å²) >= 11 is 5.46. The van der Waals surface area contributed by atoms with E-state index >= 15 is 0 Å². The van der Waals surface area contributed by atoms with Crippen LogP contribution in [0.2, 0.25) is 0 Å². The molecule has 2 rings (SSSR count). The van der Waals surface area contributed by atoms with Crippen molar-refractivity contribution >= 4 is 44.4 Å². The molecule has 5 heteroatoms. The first-order valence-electron chi connectivity index (χ1n) is 6.45. The summed E-state index contributed by atoms with van der Waals surface area (Å²) in [7, 11) is 0. The number of likely N-dealkylation sites (tertiary alicyclic amines) is 1. The van der Waals surface area contributed by atoms with Crippen molar-refractivity contribution < 1.29 is 9.18 Å². The molecule has 0 radical (unpaired) electrons. The number of carbonyl (C=O) groups is 1. The van der Waals surface area contributed by atoms with E-state index in [-0.39, 0.29) is 11.7 Å². The second-order valence-corrected chi connectivity index (χ2v) is 6.71. The summed E-state index contributed by atoms with van der Waals surface area (Å²) in [4.78, 5) is 14.5. The molecule has 0 aliphatic carbocycles. The van der Waals surface area contributed by atoms with Gasteiger partial charge < -0.3 is 4.90 Å². The van der Waals surface area contributed by atoms with Crippen LogP contribution >= 0.6 is 38.5 Å². The number of carbonyl (C=O) groups excluding carboxylic acids is 1. The van der Waals surface area contributed by atoms with E-state index in [1.807, 2.05) is 27.5 Å². The number of alkyl halides is 1. The predicted octanol–water partition coefficient (Wildman–Crippen LogP) is 4.21. The van der Waals surface area contributed by atoms with Crippen molar-refractivity contribution in [3.8, 4) is 0 Å². The molecule has 1 saturated heterocycles. The highest BCUT2D eigenvalue weighted by atomic mass is 127. The largest absolute Gasteiger partial charge is 0.336 e. The van der Waals surface area contributed by atoms with Gasteiger partial charge in [0.25, 0.3) is 5.91 Å². The first-order chi connectivity index (χ1) is 9.13. The smallest absolute Gasteiger partial charge is 0.255 e.